The Hall–Kier alpha value is -0.909. The minimum Gasteiger partial charge on any atom is -0.0704 e. The van der Waals surface area contributed by atoms with Crippen LogP contribution in [0.25, 0.3) is 11.1 Å². The average molecular weight is 496 g/mol. The molecule has 3 heteroatoms. The first-order chi connectivity index (χ1) is 14.7. The molecule has 0 aliphatic carbocycles. The van der Waals surface area contributed by atoms with Gasteiger partial charge in [0.05, 0.1) is 23.0 Å². The van der Waals surface area contributed by atoms with Crippen molar-refractivity contribution >= 4 is 28.2 Å². The molecule has 0 saturated carbocycles. The summed E-state index contributed by atoms with van der Waals surface area (Å²) in [5, 5.41) is 3.04. The van der Waals surface area contributed by atoms with Gasteiger partial charge in [-0.2, -0.15) is 0 Å². The first-order valence-corrected chi connectivity index (χ1v) is 21.2. The van der Waals surface area contributed by atoms with E-state index in [2.05, 4.69) is 151 Å². The molecule has 0 amide bonds. The molecule has 0 unspecified atom stereocenters. The maximum Gasteiger partial charge on any atom is 0.0727 e. The highest BCUT2D eigenvalue weighted by atomic mass is 29.6. The van der Waals surface area contributed by atoms with Gasteiger partial charge in [0.2, 0.25) is 0 Å². The molecule has 0 aliphatic rings. The Labute approximate surface area is 209 Å². The van der Waals surface area contributed by atoms with Crippen LogP contribution < -0.4 is 5.19 Å². The molecule has 183 valence electrons. The van der Waals surface area contributed by atoms with Crippen molar-refractivity contribution in [1.29, 1.82) is 0 Å². The smallest absolute Gasteiger partial charge is 0.0704 e. The van der Waals surface area contributed by atoms with Gasteiger partial charge < -0.3 is 0 Å². The highest BCUT2D eigenvalue weighted by Crippen LogP contribution is 2.60. The zero-order valence-corrected chi connectivity index (χ0v) is 27.2. The second kappa shape index (κ2) is 8.95. The van der Waals surface area contributed by atoms with Gasteiger partial charge >= 0.3 is 0 Å². The predicted octanol–water partition coefficient (Wildman–Crippen LogP) is 9.57. The number of hydrogen-bond donors (Lipinski definition) is 0. The van der Waals surface area contributed by atoms with E-state index in [9.17, 15) is 0 Å². The Morgan fingerprint density at radius 1 is 0.455 bits per heavy atom. The summed E-state index contributed by atoms with van der Waals surface area (Å²) in [5.74, 6) is 0. The van der Waals surface area contributed by atoms with Gasteiger partial charge in [-0.25, -0.2) is 0 Å². The zero-order valence-electron chi connectivity index (χ0n) is 24.2. The summed E-state index contributed by atoms with van der Waals surface area (Å²) in [7, 11) is -4.47. The molecule has 0 atom stereocenters. The lowest BCUT2D eigenvalue weighted by Gasteiger charge is -2.64. The van der Waals surface area contributed by atoms with E-state index in [-0.39, 0.29) is 0 Å². The Kier molecular flexibility index (Phi) is 7.68. The second-order valence-corrected chi connectivity index (χ2v) is 36.9. The lowest BCUT2D eigenvalue weighted by Crippen LogP contribution is -2.80. The molecule has 1 radical (unpaired) electrons. The minimum atomic E-state index is -1.81. The topological polar surface area (TPSA) is 0 Å². The Bertz CT molecular complexity index is 848. The van der Waals surface area contributed by atoms with Crippen molar-refractivity contribution in [2.24, 2.45) is 0 Å². The highest BCUT2D eigenvalue weighted by Gasteiger charge is 2.66. The molecule has 0 fully saturated rings. The summed E-state index contributed by atoms with van der Waals surface area (Å²) in [4.78, 5) is 0. The van der Waals surface area contributed by atoms with Crippen LogP contribution in [-0.2, 0) is 0 Å². The lowest BCUT2D eigenvalue weighted by molar-refractivity contribution is 0.626. The van der Waals surface area contributed by atoms with E-state index in [0.717, 1.165) is 0 Å². The standard InChI is InChI=1S/C30H51Si3/c1-27(2,3)32(13,28(4,5)6)31(33(14,29(7,8)9)30(10,11)12)26-22-20-25(21-23-26)24-18-16-15-17-19-24/h15-23H,1-14H3. The van der Waals surface area contributed by atoms with E-state index >= 15 is 0 Å². The van der Waals surface area contributed by atoms with Crippen LogP contribution in [0.5, 0.6) is 0 Å². The van der Waals surface area contributed by atoms with Gasteiger partial charge in [-0.15, -0.1) is 0 Å². The largest absolute Gasteiger partial charge is 0.0727 e. The van der Waals surface area contributed by atoms with E-state index in [1.54, 1.807) is 5.19 Å². The molecule has 0 aromatic heterocycles. The average Bonchev–Trinajstić information content (AvgIpc) is 2.65. The van der Waals surface area contributed by atoms with Crippen LogP contribution in [0, 0.1) is 0 Å². The van der Waals surface area contributed by atoms with E-state index in [1.807, 2.05) is 0 Å². The molecule has 33 heavy (non-hydrogen) atoms. The predicted molar refractivity (Wildman–Crippen MR) is 159 cm³/mol. The summed E-state index contributed by atoms with van der Waals surface area (Å²) in [5.41, 5.74) is 2.65. The molecule has 0 saturated heterocycles. The quantitative estimate of drug-likeness (QED) is 0.370. The van der Waals surface area contributed by atoms with E-state index < -0.39 is 23.0 Å². The molecule has 0 heterocycles. The van der Waals surface area contributed by atoms with Crippen molar-refractivity contribution in [1.82, 2.24) is 0 Å². The fourth-order valence-electron chi connectivity index (χ4n) is 6.29. The van der Waals surface area contributed by atoms with Crippen molar-refractivity contribution in [3.05, 3.63) is 54.6 Å². The Morgan fingerprint density at radius 3 is 1.06 bits per heavy atom. The summed E-state index contributed by atoms with van der Waals surface area (Å²) in [6.45, 7) is 36.3. The minimum absolute atomic E-state index is 0.336. The summed E-state index contributed by atoms with van der Waals surface area (Å²) >= 11 is 0. The van der Waals surface area contributed by atoms with Gasteiger partial charge in [0, 0.05) is 0 Å². The third-order valence-electron chi connectivity index (χ3n) is 9.28. The van der Waals surface area contributed by atoms with Crippen LogP contribution in [0.15, 0.2) is 54.6 Å². The molecule has 2 aromatic carbocycles. The Morgan fingerprint density at radius 2 is 0.758 bits per heavy atom. The third-order valence-corrected chi connectivity index (χ3v) is 49.9. The lowest BCUT2D eigenvalue weighted by atomic mass is 10.1. The maximum atomic E-state index is 2.79. The highest BCUT2D eigenvalue weighted by molar-refractivity contribution is 7.66. The molecular formula is C30H51Si3. The van der Waals surface area contributed by atoms with Crippen LogP contribution in [0.1, 0.15) is 83.1 Å². The van der Waals surface area contributed by atoms with Gasteiger partial charge in [-0.05, 0) is 31.3 Å². The van der Waals surface area contributed by atoms with Crippen LogP contribution in [0.2, 0.25) is 33.2 Å². The third kappa shape index (κ3) is 4.93. The van der Waals surface area contributed by atoms with Crippen molar-refractivity contribution in [2.75, 3.05) is 0 Å². The molecular weight excluding hydrogens is 445 g/mol. The fraction of sp³-hybridized carbons (Fsp3) is 0.600. The summed E-state index contributed by atoms with van der Waals surface area (Å²) < 4.78 is 0. The second-order valence-electron chi connectivity index (χ2n) is 14.6. The zero-order chi connectivity index (χ0) is 25.7. The first-order valence-electron chi connectivity index (χ1n) is 12.7. The fourth-order valence-corrected chi connectivity index (χ4v) is 55.4. The molecule has 0 nitrogen and oxygen atoms in total. The van der Waals surface area contributed by atoms with Crippen LogP contribution in [0.3, 0.4) is 0 Å². The number of rotatable bonds is 4. The molecule has 0 aliphatic heterocycles. The molecule has 0 bridgehead atoms. The van der Waals surface area contributed by atoms with Crippen LogP contribution in [0.4, 0.5) is 0 Å². The van der Waals surface area contributed by atoms with Crippen molar-refractivity contribution < 1.29 is 0 Å². The first kappa shape index (κ1) is 28.3. The van der Waals surface area contributed by atoms with Gasteiger partial charge in [-0.1, -0.05) is 156 Å². The van der Waals surface area contributed by atoms with Gasteiger partial charge in [0.15, 0.2) is 0 Å². The van der Waals surface area contributed by atoms with Crippen molar-refractivity contribution in [3.63, 3.8) is 0 Å². The van der Waals surface area contributed by atoms with E-state index in [0.29, 0.717) is 20.2 Å². The molecule has 0 spiro atoms. The summed E-state index contributed by atoms with van der Waals surface area (Å²) in [6, 6.07) is 20.8. The Balaban J connectivity index is 2.92. The summed E-state index contributed by atoms with van der Waals surface area (Å²) in [6.07, 6.45) is 0. The molecule has 2 rings (SSSR count). The van der Waals surface area contributed by atoms with Crippen LogP contribution >= 0.6 is 0 Å². The number of hydrogen-bond acceptors (Lipinski definition) is 0. The van der Waals surface area contributed by atoms with Gasteiger partial charge in [-0.3, -0.25) is 0 Å². The number of benzene rings is 2. The molecule has 0 N–H and O–H groups in total. The van der Waals surface area contributed by atoms with E-state index in [4.69, 9.17) is 0 Å². The SMILES string of the molecule is CC(C)(C)[Si](C)([Si](c1ccc(-c2ccccc2)cc1)[Si](C)(C(C)(C)C)C(C)(C)C)C(C)(C)C. The van der Waals surface area contributed by atoms with Crippen LogP contribution in [-0.4, -0.2) is 23.0 Å². The van der Waals surface area contributed by atoms with Crippen molar-refractivity contribution in [3.8, 4) is 11.1 Å². The van der Waals surface area contributed by atoms with E-state index in [1.165, 1.54) is 11.1 Å². The van der Waals surface area contributed by atoms with Crippen molar-refractivity contribution in [2.45, 2.75) is 116 Å². The van der Waals surface area contributed by atoms with Gasteiger partial charge in [0.1, 0.15) is 0 Å². The van der Waals surface area contributed by atoms with Gasteiger partial charge in [0.25, 0.3) is 0 Å². The maximum absolute atomic E-state index is 2.79. The normalized spacial score (nSPS) is 14.6. The molecule has 2 aromatic rings. The monoisotopic (exact) mass is 495 g/mol.